The van der Waals surface area contributed by atoms with Gasteiger partial charge >= 0.3 is 5.97 Å². The van der Waals surface area contributed by atoms with E-state index in [1.54, 1.807) is 6.08 Å². The number of rotatable bonds is 4. The van der Waals surface area contributed by atoms with Crippen LogP contribution in [0, 0.1) is 5.41 Å². The van der Waals surface area contributed by atoms with Crippen molar-refractivity contribution in [1.82, 2.24) is 0 Å². The molecule has 1 fully saturated rings. The number of allylic oxidation sites excluding steroid dienone is 1. The third kappa shape index (κ3) is 3.23. The highest BCUT2D eigenvalue weighted by molar-refractivity contribution is 7.91. The van der Waals surface area contributed by atoms with Crippen molar-refractivity contribution < 1.29 is 18.3 Å². The maximum absolute atomic E-state index is 11.5. The minimum Gasteiger partial charge on any atom is -0.481 e. The standard InChI is InChI=1S/C14H16O4S/c15-13(16)14(9-10-19(17,18)11-14)8-4-7-12-5-2-1-3-6-12/h1-7H,8-11H2,(H,15,16)/b7-4+. The first-order valence-corrected chi connectivity index (χ1v) is 7.91. The summed E-state index contributed by atoms with van der Waals surface area (Å²) in [6.07, 6.45) is 4.03. The van der Waals surface area contributed by atoms with E-state index in [4.69, 9.17) is 0 Å². The number of sulfone groups is 1. The van der Waals surface area contributed by atoms with Crippen LogP contribution in [0.25, 0.3) is 6.08 Å². The van der Waals surface area contributed by atoms with Crippen molar-refractivity contribution in [3.63, 3.8) is 0 Å². The maximum atomic E-state index is 11.5. The highest BCUT2D eigenvalue weighted by Gasteiger charge is 2.47. The van der Waals surface area contributed by atoms with E-state index in [0.29, 0.717) is 0 Å². The minimum absolute atomic E-state index is 0.0293. The Kier molecular flexibility index (Phi) is 3.75. The summed E-state index contributed by atoms with van der Waals surface area (Å²) in [4.78, 5) is 11.4. The Morgan fingerprint density at radius 1 is 1.32 bits per heavy atom. The first-order chi connectivity index (χ1) is 8.94. The molecule has 4 nitrogen and oxygen atoms in total. The van der Waals surface area contributed by atoms with Crippen LogP contribution in [0.5, 0.6) is 0 Å². The lowest BCUT2D eigenvalue weighted by molar-refractivity contribution is -0.147. The third-order valence-electron chi connectivity index (χ3n) is 3.46. The Hall–Kier alpha value is -1.62. The Morgan fingerprint density at radius 3 is 2.53 bits per heavy atom. The zero-order valence-electron chi connectivity index (χ0n) is 10.5. The maximum Gasteiger partial charge on any atom is 0.311 e. The van der Waals surface area contributed by atoms with E-state index in [2.05, 4.69) is 0 Å². The van der Waals surface area contributed by atoms with E-state index in [0.717, 1.165) is 5.56 Å². The molecule has 2 rings (SSSR count). The number of aliphatic carboxylic acids is 1. The second-order valence-electron chi connectivity index (χ2n) is 4.94. The Morgan fingerprint density at radius 2 is 2.00 bits per heavy atom. The summed E-state index contributed by atoms with van der Waals surface area (Å²) < 4.78 is 23.0. The summed E-state index contributed by atoms with van der Waals surface area (Å²) >= 11 is 0. The van der Waals surface area contributed by atoms with Crippen LogP contribution >= 0.6 is 0 Å². The summed E-state index contributed by atoms with van der Waals surface area (Å²) in [5, 5.41) is 9.29. The van der Waals surface area contributed by atoms with Crippen LogP contribution in [0.3, 0.4) is 0 Å². The molecular formula is C14H16O4S. The first-order valence-electron chi connectivity index (χ1n) is 6.09. The molecule has 1 unspecified atom stereocenters. The van der Waals surface area contributed by atoms with Crippen molar-refractivity contribution in [2.75, 3.05) is 11.5 Å². The fourth-order valence-corrected chi connectivity index (χ4v) is 4.39. The van der Waals surface area contributed by atoms with Gasteiger partial charge in [0.05, 0.1) is 16.9 Å². The van der Waals surface area contributed by atoms with Gasteiger partial charge in [-0.05, 0) is 18.4 Å². The Labute approximate surface area is 112 Å². The predicted octanol–water partition coefficient (Wildman–Crippen LogP) is 1.98. The van der Waals surface area contributed by atoms with Crippen molar-refractivity contribution in [3.8, 4) is 0 Å². The Balaban J connectivity index is 2.12. The molecule has 1 aromatic rings. The number of carboxylic acids is 1. The highest BCUT2D eigenvalue weighted by Crippen LogP contribution is 2.36. The Bertz CT molecular complexity index is 589. The molecular weight excluding hydrogens is 264 g/mol. The fourth-order valence-electron chi connectivity index (χ4n) is 2.32. The average molecular weight is 280 g/mol. The van der Waals surface area contributed by atoms with Crippen LogP contribution in [0.15, 0.2) is 36.4 Å². The molecule has 1 saturated heterocycles. The lowest BCUT2D eigenvalue weighted by atomic mass is 9.84. The van der Waals surface area contributed by atoms with Gasteiger partial charge in [0.1, 0.15) is 0 Å². The molecule has 19 heavy (non-hydrogen) atoms. The molecule has 1 aliphatic heterocycles. The second-order valence-corrected chi connectivity index (χ2v) is 7.13. The normalized spacial score (nSPS) is 25.7. The van der Waals surface area contributed by atoms with E-state index < -0.39 is 21.2 Å². The monoisotopic (exact) mass is 280 g/mol. The number of carboxylic acid groups (broad SMARTS) is 1. The summed E-state index contributed by atoms with van der Waals surface area (Å²) in [6.45, 7) is 0. The zero-order chi connectivity index (χ0) is 13.9. The number of hydrogen-bond acceptors (Lipinski definition) is 3. The van der Waals surface area contributed by atoms with Crippen LogP contribution in [-0.2, 0) is 14.6 Å². The van der Waals surface area contributed by atoms with Gasteiger partial charge in [0, 0.05) is 0 Å². The molecule has 1 N–H and O–H groups in total. The topological polar surface area (TPSA) is 71.4 Å². The molecule has 102 valence electrons. The van der Waals surface area contributed by atoms with Crippen molar-refractivity contribution in [2.45, 2.75) is 12.8 Å². The molecule has 0 radical (unpaired) electrons. The average Bonchev–Trinajstić information content (AvgIpc) is 2.68. The van der Waals surface area contributed by atoms with Crippen LogP contribution in [0.2, 0.25) is 0 Å². The van der Waals surface area contributed by atoms with E-state index in [9.17, 15) is 18.3 Å². The summed E-state index contributed by atoms with van der Waals surface area (Å²) in [6, 6.07) is 9.52. The summed E-state index contributed by atoms with van der Waals surface area (Å²) in [7, 11) is -3.21. The molecule has 1 heterocycles. The minimum atomic E-state index is -3.21. The molecule has 0 saturated carbocycles. The van der Waals surface area contributed by atoms with E-state index >= 15 is 0 Å². The van der Waals surface area contributed by atoms with Crippen LogP contribution in [0.4, 0.5) is 0 Å². The third-order valence-corrected chi connectivity index (χ3v) is 5.28. The molecule has 0 bridgehead atoms. The number of carbonyl (C=O) groups is 1. The highest BCUT2D eigenvalue weighted by atomic mass is 32.2. The molecule has 0 amide bonds. The van der Waals surface area contributed by atoms with Gasteiger partial charge in [0.15, 0.2) is 9.84 Å². The number of hydrogen-bond donors (Lipinski definition) is 1. The zero-order valence-corrected chi connectivity index (χ0v) is 11.3. The molecule has 1 aliphatic rings. The van der Waals surface area contributed by atoms with Gasteiger partial charge in [-0.25, -0.2) is 8.42 Å². The lowest BCUT2D eigenvalue weighted by Crippen LogP contribution is -2.31. The second kappa shape index (κ2) is 5.17. The summed E-state index contributed by atoms with van der Waals surface area (Å²) in [5.41, 5.74) is -0.173. The van der Waals surface area contributed by atoms with Gasteiger partial charge in [-0.2, -0.15) is 0 Å². The quantitative estimate of drug-likeness (QED) is 0.915. The van der Waals surface area contributed by atoms with Crippen molar-refractivity contribution in [3.05, 3.63) is 42.0 Å². The molecule has 0 spiro atoms. The van der Waals surface area contributed by atoms with Crippen LogP contribution in [-0.4, -0.2) is 31.0 Å². The fraction of sp³-hybridized carbons (Fsp3) is 0.357. The molecule has 5 heteroatoms. The lowest BCUT2D eigenvalue weighted by Gasteiger charge is -2.19. The van der Waals surface area contributed by atoms with Crippen molar-refractivity contribution >= 4 is 21.9 Å². The van der Waals surface area contributed by atoms with Crippen LogP contribution < -0.4 is 0 Å². The first kappa shape index (κ1) is 13.8. The van der Waals surface area contributed by atoms with Crippen LogP contribution in [0.1, 0.15) is 18.4 Å². The van der Waals surface area contributed by atoms with Gasteiger partial charge in [-0.3, -0.25) is 4.79 Å². The van der Waals surface area contributed by atoms with Gasteiger partial charge < -0.3 is 5.11 Å². The van der Waals surface area contributed by atoms with E-state index in [-0.39, 0.29) is 24.3 Å². The summed E-state index contributed by atoms with van der Waals surface area (Å²) in [5.74, 6) is -1.31. The van der Waals surface area contributed by atoms with Gasteiger partial charge in [-0.15, -0.1) is 0 Å². The van der Waals surface area contributed by atoms with Crippen molar-refractivity contribution in [1.29, 1.82) is 0 Å². The van der Waals surface area contributed by atoms with E-state index in [1.165, 1.54) is 0 Å². The van der Waals surface area contributed by atoms with Crippen molar-refractivity contribution in [2.24, 2.45) is 5.41 Å². The largest absolute Gasteiger partial charge is 0.481 e. The molecule has 1 aromatic carbocycles. The molecule has 0 aromatic heterocycles. The van der Waals surface area contributed by atoms with Gasteiger partial charge in [0.2, 0.25) is 0 Å². The van der Waals surface area contributed by atoms with Gasteiger partial charge in [0.25, 0.3) is 0 Å². The SMILES string of the molecule is O=C(O)C1(C/C=C/c2ccccc2)CCS(=O)(=O)C1. The predicted molar refractivity (Wildman–Crippen MR) is 73.4 cm³/mol. The molecule has 1 atom stereocenters. The van der Waals surface area contributed by atoms with Gasteiger partial charge in [-0.1, -0.05) is 42.5 Å². The van der Waals surface area contributed by atoms with E-state index in [1.807, 2.05) is 36.4 Å². The smallest absolute Gasteiger partial charge is 0.311 e. The molecule has 0 aliphatic carbocycles. The number of benzene rings is 1.